The van der Waals surface area contributed by atoms with E-state index in [4.69, 9.17) is 14.8 Å². The molecular formula is C24H31N5O. The maximum atomic E-state index is 5.48. The monoisotopic (exact) mass is 405 g/mol. The van der Waals surface area contributed by atoms with Gasteiger partial charge in [-0.15, -0.1) is 0 Å². The van der Waals surface area contributed by atoms with E-state index in [-0.39, 0.29) is 0 Å². The van der Waals surface area contributed by atoms with Gasteiger partial charge in [-0.3, -0.25) is 4.90 Å². The number of pyridine rings is 1. The molecule has 2 saturated heterocycles. The Balaban J connectivity index is 1.29. The first-order valence-electron chi connectivity index (χ1n) is 11.3. The molecule has 1 atom stereocenters. The fraction of sp³-hybridized carbons (Fsp3) is 0.500. The molecule has 3 aromatic rings. The minimum atomic E-state index is 0.403. The summed E-state index contributed by atoms with van der Waals surface area (Å²) in [5.41, 5.74) is 4.93. The van der Waals surface area contributed by atoms with Gasteiger partial charge in [-0.2, -0.15) is 5.10 Å². The molecule has 0 radical (unpaired) electrons. The highest BCUT2D eigenvalue weighted by atomic mass is 16.5. The minimum Gasteiger partial charge on any atom is -0.378 e. The van der Waals surface area contributed by atoms with Gasteiger partial charge in [-0.05, 0) is 49.1 Å². The standard InChI is InChI=1S/C24H31N5O/c1-2-19-5-7-20(8-6-19)16-27-11-3-4-21(17-27)24-25-23-10-9-22(18-29(23)26-24)28-12-14-30-15-13-28/h5-10,18,21H,2-4,11-17H2,1H3. The summed E-state index contributed by atoms with van der Waals surface area (Å²) in [7, 11) is 0. The number of rotatable bonds is 5. The average molecular weight is 406 g/mol. The van der Waals surface area contributed by atoms with Crippen LogP contribution in [0.1, 0.15) is 42.6 Å². The quantitative estimate of drug-likeness (QED) is 0.650. The van der Waals surface area contributed by atoms with Crippen molar-refractivity contribution in [1.82, 2.24) is 19.5 Å². The molecule has 1 unspecified atom stereocenters. The lowest BCUT2D eigenvalue weighted by Gasteiger charge is -2.31. The van der Waals surface area contributed by atoms with Gasteiger partial charge < -0.3 is 9.64 Å². The molecule has 0 saturated carbocycles. The van der Waals surface area contributed by atoms with Crippen molar-refractivity contribution in [2.45, 2.75) is 38.6 Å². The van der Waals surface area contributed by atoms with Gasteiger partial charge >= 0.3 is 0 Å². The topological polar surface area (TPSA) is 45.9 Å². The van der Waals surface area contributed by atoms with Crippen LogP contribution in [0.15, 0.2) is 42.6 Å². The summed E-state index contributed by atoms with van der Waals surface area (Å²) in [6, 6.07) is 13.3. The molecule has 2 aliphatic rings. The number of aromatic nitrogens is 3. The number of benzene rings is 1. The van der Waals surface area contributed by atoms with E-state index in [0.29, 0.717) is 5.92 Å². The van der Waals surface area contributed by atoms with E-state index in [9.17, 15) is 0 Å². The summed E-state index contributed by atoms with van der Waals surface area (Å²) in [6.45, 7) is 8.85. The molecule has 1 aromatic carbocycles. The number of ether oxygens (including phenoxy) is 1. The van der Waals surface area contributed by atoms with Crippen molar-refractivity contribution in [1.29, 1.82) is 0 Å². The van der Waals surface area contributed by atoms with Crippen LogP contribution in [0.25, 0.3) is 5.65 Å². The van der Waals surface area contributed by atoms with Crippen LogP contribution in [0.3, 0.4) is 0 Å². The predicted molar refractivity (Wildman–Crippen MR) is 119 cm³/mol. The Morgan fingerprint density at radius 1 is 1.00 bits per heavy atom. The lowest BCUT2D eigenvalue weighted by Crippen LogP contribution is -2.36. The van der Waals surface area contributed by atoms with E-state index in [0.717, 1.165) is 63.8 Å². The zero-order valence-corrected chi connectivity index (χ0v) is 17.8. The molecule has 0 aliphatic carbocycles. The van der Waals surface area contributed by atoms with E-state index in [2.05, 4.69) is 59.3 Å². The molecule has 6 nitrogen and oxygen atoms in total. The van der Waals surface area contributed by atoms with Crippen molar-refractivity contribution in [3.63, 3.8) is 0 Å². The van der Waals surface area contributed by atoms with Gasteiger partial charge in [0.1, 0.15) is 0 Å². The molecule has 0 bridgehead atoms. The highest BCUT2D eigenvalue weighted by Gasteiger charge is 2.25. The third-order valence-corrected chi connectivity index (χ3v) is 6.42. The number of nitrogens with zero attached hydrogens (tertiary/aromatic N) is 5. The highest BCUT2D eigenvalue weighted by molar-refractivity contribution is 5.51. The fourth-order valence-corrected chi connectivity index (χ4v) is 4.62. The van der Waals surface area contributed by atoms with Crippen molar-refractivity contribution in [2.75, 3.05) is 44.3 Å². The number of aryl methyl sites for hydroxylation is 1. The highest BCUT2D eigenvalue weighted by Crippen LogP contribution is 2.27. The molecule has 158 valence electrons. The largest absolute Gasteiger partial charge is 0.378 e. The lowest BCUT2D eigenvalue weighted by molar-refractivity contribution is 0.122. The molecule has 2 aromatic heterocycles. The van der Waals surface area contributed by atoms with Crippen LogP contribution >= 0.6 is 0 Å². The van der Waals surface area contributed by atoms with Crippen molar-refractivity contribution in [3.05, 3.63) is 59.5 Å². The Bertz CT molecular complexity index is 977. The van der Waals surface area contributed by atoms with E-state index < -0.39 is 0 Å². The average Bonchev–Trinajstić information content (AvgIpc) is 3.24. The molecule has 0 spiro atoms. The normalized spacial score (nSPS) is 20.7. The van der Waals surface area contributed by atoms with Gasteiger partial charge in [0.15, 0.2) is 11.5 Å². The van der Waals surface area contributed by atoms with Crippen molar-refractivity contribution < 1.29 is 4.74 Å². The zero-order valence-electron chi connectivity index (χ0n) is 17.8. The SMILES string of the molecule is CCc1ccc(CN2CCCC(c3nc4ccc(N5CCOCC5)cn4n3)C2)cc1. The van der Waals surface area contributed by atoms with Crippen LogP contribution in [-0.4, -0.2) is 58.9 Å². The molecular weight excluding hydrogens is 374 g/mol. The Morgan fingerprint density at radius 2 is 1.80 bits per heavy atom. The molecule has 6 heteroatoms. The maximum absolute atomic E-state index is 5.48. The molecule has 0 N–H and O–H groups in total. The zero-order chi connectivity index (χ0) is 20.3. The first-order chi connectivity index (χ1) is 14.8. The lowest BCUT2D eigenvalue weighted by atomic mass is 9.97. The first kappa shape index (κ1) is 19.5. The number of morpholine rings is 1. The van der Waals surface area contributed by atoms with Gasteiger partial charge in [0.25, 0.3) is 0 Å². The van der Waals surface area contributed by atoms with Crippen molar-refractivity contribution in [2.24, 2.45) is 0 Å². The summed E-state index contributed by atoms with van der Waals surface area (Å²) in [6.07, 6.45) is 5.58. The number of likely N-dealkylation sites (tertiary alicyclic amines) is 1. The summed E-state index contributed by atoms with van der Waals surface area (Å²) in [5.74, 6) is 1.39. The van der Waals surface area contributed by atoms with Crippen LogP contribution < -0.4 is 4.90 Å². The van der Waals surface area contributed by atoms with Crippen molar-refractivity contribution in [3.8, 4) is 0 Å². The Kier molecular flexibility index (Phi) is 5.69. The summed E-state index contributed by atoms with van der Waals surface area (Å²) in [4.78, 5) is 9.78. The van der Waals surface area contributed by atoms with Gasteiger partial charge in [-0.1, -0.05) is 31.2 Å². The number of hydrogen-bond donors (Lipinski definition) is 0. The van der Waals surface area contributed by atoms with Crippen LogP contribution in [0.4, 0.5) is 5.69 Å². The second-order valence-corrected chi connectivity index (χ2v) is 8.50. The van der Waals surface area contributed by atoms with E-state index >= 15 is 0 Å². The summed E-state index contributed by atoms with van der Waals surface area (Å²) >= 11 is 0. The smallest absolute Gasteiger partial charge is 0.156 e. The second-order valence-electron chi connectivity index (χ2n) is 8.50. The maximum Gasteiger partial charge on any atom is 0.156 e. The fourth-order valence-electron chi connectivity index (χ4n) is 4.62. The molecule has 2 aliphatic heterocycles. The number of piperidine rings is 1. The second kappa shape index (κ2) is 8.74. The van der Waals surface area contributed by atoms with Gasteiger partial charge in [-0.25, -0.2) is 9.50 Å². The van der Waals surface area contributed by atoms with Crippen LogP contribution in [0.2, 0.25) is 0 Å². The van der Waals surface area contributed by atoms with Gasteiger partial charge in [0.2, 0.25) is 0 Å². The number of anilines is 1. The number of fused-ring (bicyclic) bond motifs is 1. The van der Waals surface area contributed by atoms with Gasteiger partial charge in [0.05, 0.1) is 25.1 Å². The molecule has 30 heavy (non-hydrogen) atoms. The van der Waals surface area contributed by atoms with Crippen LogP contribution in [0.5, 0.6) is 0 Å². The van der Waals surface area contributed by atoms with E-state index in [1.54, 1.807) is 0 Å². The summed E-state index contributed by atoms with van der Waals surface area (Å²) in [5, 5.41) is 4.88. The first-order valence-corrected chi connectivity index (χ1v) is 11.3. The van der Waals surface area contributed by atoms with Crippen LogP contribution in [-0.2, 0) is 17.7 Å². The molecule has 4 heterocycles. The molecule has 2 fully saturated rings. The van der Waals surface area contributed by atoms with E-state index in [1.165, 1.54) is 29.7 Å². The predicted octanol–water partition coefficient (Wildman–Crippen LogP) is 3.51. The Morgan fingerprint density at radius 3 is 2.60 bits per heavy atom. The van der Waals surface area contributed by atoms with Crippen LogP contribution in [0, 0.1) is 0 Å². The Hall–Kier alpha value is -2.44. The minimum absolute atomic E-state index is 0.403. The van der Waals surface area contributed by atoms with Gasteiger partial charge in [0, 0.05) is 32.1 Å². The van der Waals surface area contributed by atoms with E-state index in [1.807, 2.05) is 4.52 Å². The summed E-state index contributed by atoms with van der Waals surface area (Å²) < 4.78 is 7.44. The van der Waals surface area contributed by atoms with Crippen molar-refractivity contribution >= 4 is 11.3 Å². The Labute approximate surface area is 178 Å². The number of hydrogen-bond acceptors (Lipinski definition) is 5. The third-order valence-electron chi connectivity index (χ3n) is 6.42. The third kappa shape index (κ3) is 4.20. The molecule has 0 amide bonds. The molecule has 5 rings (SSSR count).